The normalized spacial score (nSPS) is 19.3. The first-order valence-electron chi connectivity index (χ1n) is 6.90. The molecule has 1 atom stereocenters. The topological polar surface area (TPSA) is 40.5 Å². The van der Waals surface area contributed by atoms with Gasteiger partial charge in [-0.25, -0.2) is 4.79 Å². The van der Waals surface area contributed by atoms with Crippen molar-refractivity contribution in [2.75, 3.05) is 11.4 Å². The van der Waals surface area contributed by atoms with E-state index in [-0.39, 0.29) is 0 Å². The smallest absolute Gasteiger partial charge is 0.328 e. The fraction of sp³-hybridized carbons (Fsp3) is 0.438. The average molecular weight is 259 g/mol. The van der Waals surface area contributed by atoms with E-state index in [2.05, 4.69) is 24.0 Å². The molecular formula is C16H21NO2. The number of carboxylic acids is 1. The Bertz CT molecular complexity index is 494. The molecule has 102 valence electrons. The van der Waals surface area contributed by atoms with Gasteiger partial charge in [0.2, 0.25) is 0 Å². The minimum absolute atomic E-state index is 0.653. The number of rotatable bonds is 4. The van der Waals surface area contributed by atoms with Crippen molar-refractivity contribution in [2.45, 2.75) is 39.2 Å². The molecule has 0 saturated carbocycles. The van der Waals surface area contributed by atoms with E-state index >= 15 is 0 Å². The van der Waals surface area contributed by atoms with Gasteiger partial charge in [-0.05, 0) is 55.5 Å². The highest BCUT2D eigenvalue weighted by molar-refractivity contribution is 5.85. The largest absolute Gasteiger partial charge is 0.478 e. The van der Waals surface area contributed by atoms with E-state index in [1.54, 1.807) is 6.08 Å². The molecule has 1 N–H and O–H groups in total. The lowest BCUT2D eigenvalue weighted by atomic mass is 10.1. The van der Waals surface area contributed by atoms with Gasteiger partial charge in [0, 0.05) is 24.4 Å². The van der Waals surface area contributed by atoms with Gasteiger partial charge in [0.05, 0.1) is 0 Å². The van der Waals surface area contributed by atoms with Gasteiger partial charge in [-0.15, -0.1) is 0 Å². The summed E-state index contributed by atoms with van der Waals surface area (Å²) in [7, 11) is 0. The van der Waals surface area contributed by atoms with Gasteiger partial charge in [-0.1, -0.05) is 13.0 Å². The summed E-state index contributed by atoms with van der Waals surface area (Å²) in [5, 5.41) is 8.66. The van der Waals surface area contributed by atoms with Crippen molar-refractivity contribution < 1.29 is 9.90 Å². The van der Waals surface area contributed by atoms with Crippen LogP contribution in [0.1, 0.15) is 37.3 Å². The third-order valence-corrected chi connectivity index (χ3v) is 3.84. The number of hydrogen-bond acceptors (Lipinski definition) is 2. The second-order valence-corrected chi connectivity index (χ2v) is 5.11. The quantitative estimate of drug-likeness (QED) is 0.842. The van der Waals surface area contributed by atoms with Crippen LogP contribution in [-0.4, -0.2) is 23.7 Å². The molecule has 1 fully saturated rings. The fourth-order valence-electron chi connectivity index (χ4n) is 2.79. The second kappa shape index (κ2) is 5.91. The minimum Gasteiger partial charge on any atom is -0.478 e. The van der Waals surface area contributed by atoms with Crippen LogP contribution >= 0.6 is 0 Å². The Kier molecular flexibility index (Phi) is 4.25. The van der Waals surface area contributed by atoms with E-state index < -0.39 is 5.97 Å². The lowest BCUT2D eigenvalue weighted by Crippen LogP contribution is -2.28. The van der Waals surface area contributed by atoms with E-state index in [1.165, 1.54) is 31.0 Å². The number of hydrogen-bond donors (Lipinski definition) is 1. The Morgan fingerprint density at radius 2 is 2.32 bits per heavy atom. The van der Waals surface area contributed by atoms with Crippen LogP contribution in [0.3, 0.4) is 0 Å². The molecule has 1 aromatic carbocycles. The van der Waals surface area contributed by atoms with Crippen molar-refractivity contribution in [1.29, 1.82) is 0 Å². The van der Waals surface area contributed by atoms with E-state index in [1.807, 2.05) is 13.0 Å². The Hall–Kier alpha value is -1.77. The van der Waals surface area contributed by atoms with E-state index in [9.17, 15) is 4.79 Å². The number of carboxylic acid groups (broad SMARTS) is 1. The van der Waals surface area contributed by atoms with Crippen molar-refractivity contribution >= 4 is 17.7 Å². The lowest BCUT2D eigenvalue weighted by Gasteiger charge is -2.26. The Morgan fingerprint density at radius 3 is 2.95 bits per heavy atom. The molecule has 1 aliphatic heterocycles. The molecular weight excluding hydrogens is 238 g/mol. The highest BCUT2D eigenvalue weighted by atomic mass is 16.4. The standard InChI is InChI=1S/C16H21NO2/c1-3-14-5-4-10-17(14)15-8-6-13(12(2)11-15)7-9-16(18)19/h6-9,11,14H,3-5,10H2,1-2H3,(H,18,19). The SMILES string of the molecule is CCC1CCCN1c1ccc(C=CC(=O)O)c(C)c1. The molecule has 1 aromatic rings. The minimum atomic E-state index is -0.908. The molecule has 3 nitrogen and oxygen atoms in total. The van der Waals surface area contributed by atoms with Gasteiger partial charge in [0.15, 0.2) is 0 Å². The fourth-order valence-corrected chi connectivity index (χ4v) is 2.79. The third kappa shape index (κ3) is 3.16. The molecule has 0 bridgehead atoms. The third-order valence-electron chi connectivity index (χ3n) is 3.84. The van der Waals surface area contributed by atoms with E-state index in [0.29, 0.717) is 6.04 Å². The molecule has 2 rings (SSSR count). The van der Waals surface area contributed by atoms with Gasteiger partial charge < -0.3 is 10.0 Å². The van der Waals surface area contributed by atoms with Crippen LogP contribution in [-0.2, 0) is 4.79 Å². The van der Waals surface area contributed by atoms with Crippen LogP contribution in [0.4, 0.5) is 5.69 Å². The highest BCUT2D eigenvalue weighted by Gasteiger charge is 2.22. The molecule has 0 aliphatic carbocycles. The number of carbonyl (C=O) groups is 1. The van der Waals surface area contributed by atoms with Crippen molar-refractivity contribution in [3.8, 4) is 0 Å². The zero-order valence-corrected chi connectivity index (χ0v) is 11.6. The predicted octanol–water partition coefficient (Wildman–Crippen LogP) is 3.47. The maximum atomic E-state index is 10.5. The Balaban J connectivity index is 2.21. The van der Waals surface area contributed by atoms with Crippen LogP contribution in [0.15, 0.2) is 24.3 Å². The number of benzene rings is 1. The maximum absolute atomic E-state index is 10.5. The Labute approximate surface area is 114 Å². The van der Waals surface area contributed by atoms with E-state index in [4.69, 9.17) is 5.11 Å². The summed E-state index contributed by atoms with van der Waals surface area (Å²) in [6.45, 7) is 5.39. The molecule has 0 spiro atoms. The first kappa shape index (κ1) is 13.7. The van der Waals surface area contributed by atoms with Gasteiger partial charge >= 0.3 is 5.97 Å². The van der Waals surface area contributed by atoms with Crippen molar-refractivity contribution in [3.63, 3.8) is 0 Å². The van der Waals surface area contributed by atoms with Crippen LogP contribution in [0.2, 0.25) is 0 Å². The van der Waals surface area contributed by atoms with Crippen LogP contribution in [0, 0.1) is 6.92 Å². The molecule has 19 heavy (non-hydrogen) atoms. The lowest BCUT2D eigenvalue weighted by molar-refractivity contribution is -0.131. The number of nitrogens with zero attached hydrogens (tertiary/aromatic N) is 1. The maximum Gasteiger partial charge on any atom is 0.328 e. The summed E-state index contributed by atoms with van der Waals surface area (Å²) in [4.78, 5) is 13.0. The monoisotopic (exact) mass is 259 g/mol. The molecule has 1 aliphatic rings. The molecule has 0 amide bonds. The first-order chi connectivity index (χ1) is 9.11. The Morgan fingerprint density at radius 1 is 1.53 bits per heavy atom. The molecule has 1 unspecified atom stereocenters. The molecule has 0 aromatic heterocycles. The second-order valence-electron chi connectivity index (χ2n) is 5.11. The summed E-state index contributed by atoms with van der Waals surface area (Å²) < 4.78 is 0. The zero-order valence-electron chi connectivity index (χ0n) is 11.6. The highest BCUT2D eigenvalue weighted by Crippen LogP contribution is 2.29. The molecule has 1 heterocycles. The van der Waals surface area contributed by atoms with Crippen LogP contribution < -0.4 is 4.90 Å². The zero-order chi connectivity index (χ0) is 13.8. The van der Waals surface area contributed by atoms with Crippen molar-refractivity contribution in [3.05, 3.63) is 35.4 Å². The summed E-state index contributed by atoms with van der Waals surface area (Å²) in [5.74, 6) is -0.908. The summed E-state index contributed by atoms with van der Waals surface area (Å²) in [6, 6.07) is 6.92. The van der Waals surface area contributed by atoms with Crippen molar-refractivity contribution in [1.82, 2.24) is 0 Å². The van der Waals surface area contributed by atoms with E-state index in [0.717, 1.165) is 17.7 Å². The van der Waals surface area contributed by atoms with Crippen molar-refractivity contribution in [2.24, 2.45) is 0 Å². The average Bonchev–Trinajstić information content (AvgIpc) is 2.85. The predicted molar refractivity (Wildman–Crippen MR) is 78.5 cm³/mol. The molecule has 0 radical (unpaired) electrons. The summed E-state index contributed by atoms with van der Waals surface area (Å²) in [6.07, 6.45) is 6.56. The first-order valence-corrected chi connectivity index (χ1v) is 6.90. The summed E-state index contributed by atoms with van der Waals surface area (Å²) in [5.41, 5.74) is 3.35. The molecule has 1 saturated heterocycles. The van der Waals surface area contributed by atoms with Crippen LogP contribution in [0.5, 0.6) is 0 Å². The molecule has 3 heteroatoms. The number of aryl methyl sites for hydroxylation is 1. The van der Waals surface area contributed by atoms with Crippen LogP contribution in [0.25, 0.3) is 6.08 Å². The summed E-state index contributed by atoms with van der Waals surface area (Å²) >= 11 is 0. The van der Waals surface area contributed by atoms with Gasteiger partial charge in [0.1, 0.15) is 0 Å². The number of aliphatic carboxylic acids is 1. The number of anilines is 1. The van der Waals surface area contributed by atoms with Gasteiger partial charge in [-0.2, -0.15) is 0 Å². The van der Waals surface area contributed by atoms with Gasteiger partial charge in [-0.3, -0.25) is 0 Å². The van der Waals surface area contributed by atoms with Gasteiger partial charge in [0.25, 0.3) is 0 Å².